The molecule has 25 heavy (non-hydrogen) atoms. The van der Waals surface area contributed by atoms with Crippen molar-refractivity contribution in [1.82, 2.24) is 14.7 Å². The lowest BCUT2D eigenvalue weighted by atomic mass is 9.99. The molecule has 1 aliphatic heterocycles. The lowest BCUT2D eigenvalue weighted by Crippen LogP contribution is -2.51. The van der Waals surface area contributed by atoms with Crippen molar-refractivity contribution in [3.8, 4) is 0 Å². The summed E-state index contributed by atoms with van der Waals surface area (Å²) in [5.41, 5.74) is 2.28. The molecule has 1 aromatic rings. The van der Waals surface area contributed by atoms with Crippen LogP contribution in [0.1, 0.15) is 30.0 Å². The van der Waals surface area contributed by atoms with E-state index in [1.165, 1.54) is 5.56 Å². The van der Waals surface area contributed by atoms with Crippen molar-refractivity contribution in [1.29, 1.82) is 0 Å². The van der Waals surface area contributed by atoms with Crippen LogP contribution in [0.5, 0.6) is 0 Å². The maximum absolute atomic E-state index is 13.1. The highest BCUT2D eigenvalue weighted by molar-refractivity contribution is 5.83. The van der Waals surface area contributed by atoms with Gasteiger partial charge in [-0.2, -0.15) is 0 Å². The zero-order valence-electron chi connectivity index (χ0n) is 16.2. The Hall–Kier alpha value is -1.43. The number of unbranched alkanes of at least 4 members (excludes halogenated alkanes) is 1. The third-order valence-corrected chi connectivity index (χ3v) is 4.99. The SMILES string of the molecule is COCCCCN1CCN(C(=O)[C@H](c2ccccc2C)N(C)C)CC1. The van der Waals surface area contributed by atoms with Gasteiger partial charge in [0.25, 0.3) is 0 Å². The fraction of sp³-hybridized carbons (Fsp3) is 0.650. The summed E-state index contributed by atoms with van der Waals surface area (Å²) < 4.78 is 5.10. The number of rotatable bonds is 8. The van der Waals surface area contributed by atoms with E-state index in [4.69, 9.17) is 4.74 Å². The lowest BCUT2D eigenvalue weighted by molar-refractivity contribution is -0.138. The van der Waals surface area contributed by atoms with Crippen molar-refractivity contribution < 1.29 is 9.53 Å². The molecule has 0 bridgehead atoms. The summed E-state index contributed by atoms with van der Waals surface area (Å²) in [4.78, 5) is 19.7. The molecule has 140 valence electrons. The fourth-order valence-electron chi connectivity index (χ4n) is 3.47. The van der Waals surface area contributed by atoms with Gasteiger partial charge in [0.2, 0.25) is 5.91 Å². The molecule has 1 aliphatic rings. The van der Waals surface area contributed by atoms with Crippen LogP contribution in [0.4, 0.5) is 0 Å². The highest BCUT2D eigenvalue weighted by Crippen LogP contribution is 2.24. The first-order valence-electron chi connectivity index (χ1n) is 9.26. The van der Waals surface area contributed by atoms with Gasteiger partial charge in [-0.1, -0.05) is 24.3 Å². The number of carbonyl (C=O) groups excluding carboxylic acids is 1. The van der Waals surface area contributed by atoms with Gasteiger partial charge < -0.3 is 9.64 Å². The summed E-state index contributed by atoms with van der Waals surface area (Å²) in [5.74, 6) is 0.221. The number of hydrogen-bond donors (Lipinski definition) is 0. The van der Waals surface area contributed by atoms with Crippen molar-refractivity contribution in [3.05, 3.63) is 35.4 Å². The van der Waals surface area contributed by atoms with E-state index in [0.717, 1.165) is 57.7 Å². The molecule has 5 nitrogen and oxygen atoms in total. The van der Waals surface area contributed by atoms with Gasteiger partial charge in [0.1, 0.15) is 6.04 Å². The molecule has 0 aliphatic carbocycles. The van der Waals surface area contributed by atoms with E-state index < -0.39 is 0 Å². The Kier molecular flexibility index (Phi) is 7.88. The van der Waals surface area contributed by atoms with Crippen LogP contribution >= 0.6 is 0 Å². The fourth-order valence-corrected chi connectivity index (χ4v) is 3.47. The summed E-state index contributed by atoms with van der Waals surface area (Å²) in [7, 11) is 5.72. The van der Waals surface area contributed by atoms with Crippen LogP contribution in [0.25, 0.3) is 0 Å². The van der Waals surface area contributed by atoms with Gasteiger partial charge in [-0.3, -0.25) is 14.6 Å². The lowest BCUT2D eigenvalue weighted by Gasteiger charge is -2.38. The van der Waals surface area contributed by atoms with Gasteiger partial charge in [-0.15, -0.1) is 0 Å². The minimum Gasteiger partial charge on any atom is -0.385 e. The van der Waals surface area contributed by atoms with Gasteiger partial charge >= 0.3 is 0 Å². The maximum atomic E-state index is 13.1. The zero-order valence-corrected chi connectivity index (χ0v) is 16.2. The zero-order chi connectivity index (χ0) is 18.2. The first kappa shape index (κ1) is 19.9. The molecule has 1 saturated heterocycles. The number of piperazine rings is 1. The number of hydrogen-bond acceptors (Lipinski definition) is 4. The van der Waals surface area contributed by atoms with Crippen molar-refractivity contribution in [2.24, 2.45) is 0 Å². The molecular weight excluding hydrogens is 314 g/mol. The van der Waals surface area contributed by atoms with E-state index in [-0.39, 0.29) is 11.9 Å². The average molecular weight is 348 g/mol. The van der Waals surface area contributed by atoms with Gasteiger partial charge in [-0.05, 0) is 51.5 Å². The highest BCUT2D eigenvalue weighted by Gasteiger charge is 2.30. The number of benzene rings is 1. The molecule has 0 saturated carbocycles. The average Bonchev–Trinajstić information content (AvgIpc) is 2.61. The Morgan fingerprint density at radius 2 is 1.84 bits per heavy atom. The van der Waals surface area contributed by atoms with Crippen LogP contribution < -0.4 is 0 Å². The number of amides is 1. The van der Waals surface area contributed by atoms with E-state index in [0.29, 0.717) is 0 Å². The summed E-state index contributed by atoms with van der Waals surface area (Å²) >= 11 is 0. The number of likely N-dealkylation sites (N-methyl/N-ethyl adjacent to an activating group) is 1. The van der Waals surface area contributed by atoms with E-state index >= 15 is 0 Å². The molecule has 1 fully saturated rings. The minimum atomic E-state index is -0.200. The number of methoxy groups -OCH3 is 1. The predicted molar refractivity (Wildman–Crippen MR) is 102 cm³/mol. The third-order valence-electron chi connectivity index (χ3n) is 4.99. The van der Waals surface area contributed by atoms with Crippen LogP contribution in [-0.4, -0.2) is 81.1 Å². The number of nitrogens with zero attached hydrogens (tertiary/aromatic N) is 3. The smallest absolute Gasteiger partial charge is 0.244 e. The van der Waals surface area contributed by atoms with Gasteiger partial charge in [0.15, 0.2) is 0 Å². The Morgan fingerprint density at radius 3 is 2.44 bits per heavy atom. The minimum absolute atomic E-state index is 0.200. The van der Waals surface area contributed by atoms with Gasteiger partial charge in [0, 0.05) is 39.9 Å². The molecule has 2 rings (SSSR count). The van der Waals surface area contributed by atoms with Crippen LogP contribution in [0.15, 0.2) is 24.3 Å². The molecule has 1 atom stereocenters. The number of carbonyl (C=O) groups is 1. The van der Waals surface area contributed by atoms with Crippen LogP contribution in [0, 0.1) is 6.92 Å². The largest absolute Gasteiger partial charge is 0.385 e. The Labute approximate surface area is 152 Å². The Morgan fingerprint density at radius 1 is 1.16 bits per heavy atom. The first-order chi connectivity index (χ1) is 12.0. The molecule has 0 aromatic heterocycles. The molecule has 0 unspecified atom stereocenters. The summed E-state index contributed by atoms with van der Waals surface area (Å²) in [5, 5.41) is 0. The topological polar surface area (TPSA) is 36.0 Å². The monoisotopic (exact) mass is 347 g/mol. The standard InChI is InChI=1S/C20H33N3O2/c1-17-9-5-6-10-18(17)19(21(2)3)20(24)23-14-12-22(13-15-23)11-7-8-16-25-4/h5-6,9-10,19H,7-8,11-16H2,1-4H3/t19-/m0/s1. The Bertz CT molecular complexity index is 539. The Balaban J connectivity index is 1.92. The van der Waals surface area contributed by atoms with Crippen LogP contribution in [0.2, 0.25) is 0 Å². The summed E-state index contributed by atoms with van der Waals surface area (Å²) in [6, 6.07) is 8.00. The van der Waals surface area contributed by atoms with E-state index in [2.05, 4.69) is 24.0 Å². The molecule has 0 radical (unpaired) electrons. The van der Waals surface area contributed by atoms with Gasteiger partial charge in [0.05, 0.1) is 0 Å². The predicted octanol–water partition coefficient (Wildman–Crippen LogP) is 2.17. The van der Waals surface area contributed by atoms with Crippen molar-refractivity contribution in [3.63, 3.8) is 0 Å². The molecule has 1 amide bonds. The van der Waals surface area contributed by atoms with Gasteiger partial charge in [-0.25, -0.2) is 0 Å². The van der Waals surface area contributed by atoms with Crippen molar-refractivity contribution in [2.45, 2.75) is 25.8 Å². The second-order valence-corrected chi connectivity index (χ2v) is 7.09. The first-order valence-corrected chi connectivity index (χ1v) is 9.26. The molecule has 0 N–H and O–H groups in total. The number of aryl methyl sites for hydroxylation is 1. The molecular formula is C20H33N3O2. The summed E-state index contributed by atoms with van der Waals surface area (Å²) in [6.45, 7) is 7.58. The van der Waals surface area contributed by atoms with Crippen molar-refractivity contribution >= 4 is 5.91 Å². The normalized spacial score (nSPS) is 17.1. The third kappa shape index (κ3) is 5.53. The van der Waals surface area contributed by atoms with E-state index in [9.17, 15) is 4.79 Å². The molecule has 1 heterocycles. The second kappa shape index (κ2) is 9.90. The van der Waals surface area contributed by atoms with Crippen LogP contribution in [-0.2, 0) is 9.53 Å². The van der Waals surface area contributed by atoms with E-state index in [1.807, 2.05) is 36.0 Å². The van der Waals surface area contributed by atoms with Crippen LogP contribution in [0.3, 0.4) is 0 Å². The van der Waals surface area contributed by atoms with Crippen molar-refractivity contribution in [2.75, 3.05) is 60.5 Å². The summed E-state index contributed by atoms with van der Waals surface area (Å²) in [6.07, 6.45) is 2.26. The molecule has 5 heteroatoms. The molecule has 1 aromatic carbocycles. The molecule has 0 spiro atoms. The number of ether oxygens (including phenoxy) is 1. The second-order valence-electron chi connectivity index (χ2n) is 7.09. The van der Waals surface area contributed by atoms with E-state index in [1.54, 1.807) is 7.11 Å². The quantitative estimate of drug-likeness (QED) is 0.675. The highest BCUT2D eigenvalue weighted by atomic mass is 16.5. The maximum Gasteiger partial charge on any atom is 0.244 e.